The molecule has 1 saturated heterocycles. The minimum Gasteiger partial charge on any atom is -0.478 e. The molecule has 5 heteroatoms. The van der Waals surface area contributed by atoms with E-state index >= 15 is 0 Å². The fourth-order valence-electron chi connectivity index (χ4n) is 7.92. The summed E-state index contributed by atoms with van der Waals surface area (Å²) in [5.41, 5.74) is 8.42. The molecule has 41 heavy (non-hydrogen) atoms. The molecule has 3 heterocycles. The van der Waals surface area contributed by atoms with Crippen molar-refractivity contribution in [3.05, 3.63) is 53.1 Å². The van der Waals surface area contributed by atoms with Gasteiger partial charge in [0, 0.05) is 54.4 Å². The average molecular weight is 556 g/mol. The van der Waals surface area contributed by atoms with Gasteiger partial charge in [-0.1, -0.05) is 51.3 Å². The molecule has 3 aromatic rings. The molecule has 1 aliphatic carbocycles. The van der Waals surface area contributed by atoms with E-state index in [0.29, 0.717) is 23.4 Å². The summed E-state index contributed by atoms with van der Waals surface area (Å²) in [5, 5.41) is 11.1. The van der Waals surface area contributed by atoms with Crippen molar-refractivity contribution in [1.29, 1.82) is 0 Å². The van der Waals surface area contributed by atoms with Crippen LogP contribution in [-0.4, -0.2) is 52.8 Å². The minimum absolute atomic E-state index is 0.386. The molecule has 1 unspecified atom stereocenters. The van der Waals surface area contributed by atoms with Gasteiger partial charge in [-0.25, -0.2) is 4.79 Å². The quantitative estimate of drug-likeness (QED) is 0.317. The topological polar surface area (TPSA) is 48.7 Å². The number of carbonyl (C=O) groups is 1. The number of likely N-dealkylation sites (tertiary alicyclic amines) is 1. The van der Waals surface area contributed by atoms with Gasteiger partial charge in [-0.15, -0.1) is 0 Å². The van der Waals surface area contributed by atoms with Gasteiger partial charge in [0.1, 0.15) is 0 Å². The molecule has 1 aromatic heterocycles. The molecule has 2 aromatic carbocycles. The van der Waals surface area contributed by atoms with E-state index in [0.717, 1.165) is 31.1 Å². The van der Waals surface area contributed by atoms with Crippen LogP contribution in [0.5, 0.6) is 0 Å². The van der Waals surface area contributed by atoms with Gasteiger partial charge in [-0.2, -0.15) is 0 Å². The number of nitrogens with zero attached hydrogens (tertiary/aromatic N) is 3. The Kier molecular flexibility index (Phi) is 8.18. The molecule has 0 bridgehead atoms. The molecule has 0 amide bonds. The van der Waals surface area contributed by atoms with Crippen molar-refractivity contribution in [2.75, 3.05) is 31.1 Å². The van der Waals surface area contributed by atoms with Crippen LogP contribution in [0.1, 0.15) is 112 Å². The summed E-state index contributed by atoms with van der Waals surface area (Å²) in [7, 11) is 0. The van der Waals surface area contributed by atoms with Gasteiger partial charge < -0.3 is 19.5 Å². The van der Waals surface area contributed by atoms with E-state index in [1.807, 2.05) is 12.1 Å². The van der Waals surface area contributed by atoms with E-state index in [9.17, 15) is 9.90 Å². The van der Waals surface area contributed by atoms with Gasteiger partial charge in [-0.3, -0.25) is 0 Å². The van der Waals surface area contributed by atoms with Crippen LogP contribution >= 0.6 is 0 Å². The normalized spacial score (nSPS) is 20.4. The second-order valence-corrected chi connectivity index (χ2v) is 13.6. The number of piperidine rings is 1. The summed E-state index contributed by atoms with van der Waals surface area (Å²) >= 11 is 0. The van der Waals surface area contributed by atoms with Gasteiger partial charge in [-0.05, 0) is 99.6 Å². The molecule has 220 valence electrons. The first-order valence-corrected chi connectivity index (χ1v) is 16.3. The number of hydrogen-bond acceptors (Lipinski definition) is 3. The molecular weight excluding hydrogens is 506 g/mol. The molecule has 1 saturated carbocycles. The molecule has 1 atom stereocenters. The standard InChI is InChI=1S/C36H49N3O2/c1-24(2)28-12-15-31-32(21-28)37(18-16-26-9-8-17-38(23-26)25(3)4)19-20-39-33-22-29(36(40)41)13-14-30(33)34(35(31)39)27-10-6-5-7-11-27/h12-15,21-22,24-27H,5-11,16-20,23H2,1-4H3,(H,40,41). The van der Waals surface area contributed by atoms with Gasteiger partial charge >= 0.3 is 5.97 Å². The summed E-state index contributed by atoms with van der Waals surface area (Å²) in [4.78, 5) is 17.3. The van der Waals surface area contributed by atoms with Crippen LogP contribution in [-0.2, 0) is 6.54 Å². The maximum atomic E-state index is 12.0. The number of fused-ring (bicyclic) bond motifs is 5. The van der Waals surface area contributed by atoms with Crippen LogP contribution in [0.3, 0.4) is 0 Å². The van der Waals surface area contributed by atoms with E-state index in [1.54, 1.807) is 0 Å². The number of benzene rings is 2. The Morgan fingerprint density at radius 2 is 1.73 bits per heavy atom. The van der Waals surface area contributed by atoms with Gasteiger partial charge in [0.15, 0.2) is 0 Å². The van der Waals surface area contributed by atoms with Crippen molar-refractivity contribution in [1.82, 2.24) is 9.47 Å². The van der Waals surface area contributed by atoms with Crippen molar-refractivity contribution in [3.8, 4) is 11.3 Å². The first kappa shape index (κ1) is 28.3. The van der Waals surface area contributed by atoms with Gasteiger partial charge in [0.2, 0.25) is 0 Å². The zero-order valence-electron chi connectivity index (χ0n) is 25.7. The zero-order valence-corrected chi connectivity index (χ0v) is 25.7. The Morgan fingerprint density at radius 1 is 0.927 bits per heavy atom. The molecule has 0 radical (unpaired) electrons. The maximum absolute atomic E-state index is 12.0. The number of carboxylic acids is 1. The third-order valence-electron chi connectivity index (χ3n) is 10.3. The van der Waals surface area contributed by atoms with Crippen LogP contribution in [0.15, 0.2) is 36.4 Å². The lowest BCUT2D eigenvalue weighted by Gasteiger charge is -2.36. The Morgan fingerprint density at radius 3 is 2.46 bits per heavy atom. The molecule has 6 rings (SSSR count). The lowest BCUT2D eigenvalue weighted by atomic mass is 9.81. The molecule has 5 nitrogen and oxygen atoms in total. The first-order chi connectivity index (χ1) is 19.8. The third kappa shape index (κ3) is 5.55. The van der Waals surface area contributed by atoms with Crippen LogP contribution in [0.25, 0.3) is 22.2 Å². The van der Waals surface area contributed by atoms with Crippen molar-refractivity contribution in [2.45, 2.75) is 103 Å². The van der Waals surface area contributed by atoms with Crippen molar-refractivity contribution < 1.29 is 9.90 Å². The number of carboxylic acid groups (broad SMARTS) is 1. The SMILES string of the molecule is CC(C)c1ccc2c(c1)N(CCC1CCCN(C(C)C)C1)CCn1c-2c(C2CCCCC2)c2ccc(C(=O)O)cc21. The molecule has 0 spiro atoms. The monoisotopic (exact) mass is 555 g/mol. The predicted octanol–water partition coefficient (Wildman–Crippen LogP) is 8.51. The van der Waals surface area contributed by atoms with Crippen LogP contribution < -0.4 is 4.90 Å². The fraction of sp³-hybridized carbons (Fsp3) is 0.583. The van der Waals surface area contributed by atoms with E-state index < -0.39 is 5.97 Å². The second-order valence-electron chi connectivity index (χ2n) is 13.6. The number of anilines is 1. The highest BCUT2D eigenvalue weighted by Crippen LogP contribution is 2.48. The molecular formula is C36H49N3O2. The van der Waals surface area contributed by atoms with Crippen LogP contribution in [0.4, 0.5) is 5.69 Å². The zero-order chi connectivity index (χ0) is 28.7. The van der Waals surface area contributed by atoms with E-state index in [2.05, 4.69) is 66.3 Å². The number of rotatable bonds is 7. The third-order valence-corrected chi connectivity index (χ3v) is 10.3. The lowest BCUT2D eigenvalue weighted by Crippen LogP contribution is -2.41. The number of hydrogen-bond donors (Lipinski definition) is 1. The Bertz CT molecular complexity index is 1400. The molecule has 2 fully saturated rings. The number of aromatic carboxylic acids is 1. The highest BCUT2D eigenvalue weighted by molar-refractivity contribution is 5.99. The smallest absolute Gasteiger partial charge is 0.335 e. The summed E-state index contributed by atoms with van der Waals surface area (Å²) < 4.78 is 2.49. The van der Waals surface area contributed by atoms with Crippen molar-refractivity contribution >= 4 is 22.6 Å². The van der Waals surface area contributed by atoms with Gasteiger partial charge in [0.05, 0.1) is 11.3 Å². The van der Waals surface area contributed by atoms with Crippen LogP contribution in [0, 0.1) is 5.92 Å². The molecule has 1 N–H and O–H groups in total. The highest BCUT2D eigenvalue weighted by atomic mass is 16.4. The summed E-state index contributed by atoms with van der Waals surface area (Å²) in [6, 6.07) is 13.7. The lowest BCUT2D eigenvalue weighted by molar-refractivity contribution is 0.0697. The van der Waals surface area contributed by atoms with Crippen molar-refractivity contribution in [3.63, 3.8) is 0 Å². The van der Waals surface area contributed by atoms with E-state index in [1.165, 1.54) is 97.9 Å². The van der Waals surface area contributed by atoms with Crippen molar-refractivity contribution in [2.24, 2.45) is 5.92 Å². The van der Waals surface area contributed by atoms with Gasteiger partial charge in [0.25, 0.3) is 0 Å². The first-order valence-electron chi connectivity index (χ1n) is 16.3. The minimum atomic E-state index is -0.846. The Labute approximate surface area is 246 Å². The second kappa shape index (κ2) is 11.8. The fourth-order valence-corrected chi connectivity index (χ4v) is 7.92. The predicted molar refractivity (Wildman–Crippen MR) is 171 cm³/mol. The summed E-state index contributed by atoms with van der Waals surface area (Å²) in [5.74, 6) is 0.917. The maximum Gasteiger partial charge on any atom is 0.335 e. The van der Waals surface area contributed by atoms with E-state index in [4.69, 9.17) is 0 Å². The summed E-state index contributed by atoms with van der Waals surface area (Å²) in [6.45, 7) is 14.6. The van der Waals surface area contributed by atoms with Crippen LogP contribution in [0.2, 0.25) is 0 Å². The average Bonchev–Trinajstić information content (AvgIpc) is 3.21. The summed E-state index contributed by atoms with van der Waals surface area (Å²) in [6.07, 6.45) is 10.2. The Hall–Kier alpha value is -2.79. The van der Waals surface area contributed by atoms with E-state index in [-0.39, 0.29) is 0 Å². The molecule has 2 aliphatic heterocycles. The molecule has 3 aliphatic rings. The Balaban J connectivity index is 1.44. The highest BCUT2D eigenvalue weighted by Gasteiger charge is 2.31. The number of aromatic nitrogens is 1. The largest absolute Gasteiger partial charge is 0.478 e.